The first kappa shape index (κ1) is 13.4. The molecule has 0 aliphatic rings. The fourth-order valence-electron chi connectivity index (χ4n) is 1.56. The molecular formula is C13H14N2O3S. The minimum Gasteiger partial charge on any atom is -0.481 e. The van der Waals surface area contributed by atoms with Crippen LogP contribution < -0.4 is 9.46 Å². The maximum absolute atomic E-state index is 12.1. The van der Waals surface area contributed by atoms with Gasteiger partial charge in [0, 0.05) is 6.07 Å². The topological polar surface area (TPSA) is 68.3 Å². The molecule has 100 valence electrons. The molecule has 1 aromatic carbocycles. The number of nitrogens with one attached hydrogen (secondary N) is 1. The average Bonchev–Trinajstić information content (AvgIpc) is 2.39. The van der Waals surface area contributed by atoms with Gasteiger partial charge < -0.3 is 4.74 Å². The van der Waals surface area contributed by atoms with Crippen LogP contribution in [0.15, 0.2) is 47.5 Å². The monoisotopic (exact) mass is 278 g/mol. The SMILES string of the molecule is COc1ccc(NS(=O)(=O)c2cccc(C)c2)cn1. The van der Waals surface area contributed by atoms with E-state index >= 15 is 0 Å². The van der Waals surface area contributed by atoms with Gasteiger partial charge in [0.05, 0.1) is 23.9 Å². The summed E-state index contributed by atoms with van der Waals surface area (Å²) in [6.45, 7) is 1.84. The third-order valence-electron chi connectivity index (χ3n) is 2.50. The van der Waals surface area contributed by atoms with E-state index in [-0.39, 0.29) is 4.90 Å². The Balaban J connectivity index is 2.25. The van der Waals surface area contributed by atoms with Crippen molar-refractivity contribution in [2.24, 2.45) is 0 Å². The van der Waals surface area contributed by atoms with Crippen molar-refractivity contribution >= 4 is 15.7 Å². The third-order valence-corrected chi connectivity index (χ3v) is 3.88. The summed E-state index contributed by atoms with van der Waals surface area (Å²) < 4.78 is 31.7. The molecule has 2 aromatic rings. The first-order chi connectivity index (χ1) is 9.01. The normalized spacial score (nSPS) is 11.1. The average molecular weight is 278 g/mol. The van der Waals surface area contributed by atoms with Crippen molar-refractivity contribution in [1.29, 1.82) is 0 Å². The quantitative estimate of drug-likeness (QED) is 0.931. The fraction of sp³-hybridized carbons (Fsp3) is 0.154. The summed E-state index contributed by atoms with van der Waals surface area (Å²) in [4.78, 5) is 4.17. The fourth-order valence-corrected chi connectivity index (χ4v) is 2.71. The molecule has 0 bridgehead atoms. The number of anilines is 1. The predicted octanol–water partition coefficient (Wildman–Crippen LogP) is 2.20. The van der Waals surface area contributed by atoms with Crippen LogP contribution in [0.2, 0.25) is 0 Å². The predicted molar refractivity (Wildman–Crippen MR) is 72.8 cm³/mol. The largest absolute Gasteiger partial charge is 0.481 e. The van der Waals surface area contributed by atoms with Crippen LogP contribution in [0, 0.1) is 6.92 Å². The first-order valence-corrected chi connectivity index (χ1v) is 7.09. The molecule has 19 heavy (non-hydrogen) atoms. The molecule has 0 saturated carbocycles. The second kappa shape index (κ2) is 5.27. The van der Waals surface area contributed by atoms with Crippen molar-refractivity contribution in [3.8, 4) is 5.88 Å². The van der Waals surface area contributed by atoms with Crippen molar-refractivity contribution in [3.63, 3.8) is 0 Å². The molecule has 0 aliphatic heterocycles. The van der Waals surface area contributed by atoms with Crippen LogP contribution in [-0.4, -0.2) is 20.5 Å². The van der Waals surface area contributed by atoms with Crippen LogP contribution in [-0.2, 0) is 10.0 Å². The highest BCUT2D eigenvalue weighted by Crippen LogP contribution is 2.17. The zero-order valence-corrected chi connectivity index (χ0v) is 11.4. The maximum atomic E-state index is 12.1. The van der Waals surface area contributed by atoms with Gasteiger partial charge in [0.1, 0.15) is 0 Å². The molecule has 0 saturated heterocycles. The lowest BCUT2D eigenvalue weighted by atomic mass is 10.2. The lowest BCUT2D eigenvalue weighted by molar-refractivity contribution is 0.398. The van der Waals surface area contributed by atoms with E-state index in [0.29, 0.717) is 11.6 Å². The van der Waals surface area contributed by atoms with E-state index in [0.717, 1.165) is 5.56 Å². The molecule has 0 unspecified atom stereocenters. The molecule has 0 aliphatic carbocycles. The van der Waals surface area contributed by atoms with Gasteiger partial charge in [-0.2, -0.15) is 0 Å². The number of rotatable bonds is 4. The second-order valence-electron chi connectivity index (χ2n) is 4.01. The van der Waals surface area contributed by atoms with Gasteiger partial charge in [-0.3, -0.25) is 4.72 Å². The van der Waals surface area contributed by atoms with E-state index in [1.165, 1.54) is 13.3 Å². The Kier molecular flexibility index (Phi) is 3.71. The zero-order valence-electron chi connectivity index (χ0n) is 10.6. The van der Waals surface area contributed by atoms with Crippen molar-refractivity contribution < 1.29 is 13.2 Å². The number of methoxy groups -OCH3 is 1. The molecule has 0 atom stereocenters. The van der Waals surface area contributed by atoms with Crippen LogP contribution in [0.1, 0.15) is 5.56 Å². The van der Waals surface area contributed by atoms with E-state index in [1.54, 1.807) is 30.3 Å². The van der Waals surface area contributed by atoms with E-state index in [2.05, 4.69) is 9.71 Å². The van der Waals surface area contributed by atoms with Crippen LogP contribution in [0.25, 0.3) is 0 Å². The molecule has 1 N–H and O–H groups in total. The first-order valence-electron chi connectivity index (χ1n) is 5.61. The van der Waals surface area contributed by atoms with Crippen molar-refractivity contribution in [2.45, 2.75) is 11.8 Å². The number of pyridine rings is 1. The summed E-state index contributed by atoms with van der Waals surface area (Å²) in [5, 5.41) is 0. The molecule has 2 rings (SSSR count). The third kappa shape index (κ3) is 3.23. The Labute approximate surface area is 112 Å². The summed E-state index contributed by atoms with van der Waals surface area (Å²) in [7, 11) is -2.09. The van der Waals surface area contributed by atoms with Gasteiger partial charge in [0.15, 0.2) is 0 Å². The molecule has 0 spiro atoms. The number of hydrogen-bond acceptors (Lipinski definition) is 4. The Morgan fingerprint density at radius 2 is 2.00 bits per heavy atom. The Morgan fingerprint density at radius 1 is 1.21 bits per heavy atom. The molecule has 0 amide bonds. The van der Waals surface area contributed by atoms with Gasteiger partial charge in [-0.05, 0) is 30.7 Å². The molecule has 6 heteroatoms. The zero-order chi connectivity index (χ0) is 13.9. The maximum Gasteiger partial charge on any atom is 0.261 e. The van der Waals surface area contributed by atoms with Gasteiger partial charge in [0.2, 0.25) is 5.88 Å². The number of nitrogens with zero attached hydrogens (tertiary/aromatic N) is 1. The van der Waals surface area contributed by atoms with Gasteiger partial charge in [-0.15, -0.1) is 0 Å². The molecule has 0 fully saturated rings. The highest BCUT2D eigenvalue weighted by molar-refractivity contribution is 7.92. The number of ether oxygens (including phenoxy) is 1. The van der Waals surface area contributed by atoms with E-state index in [9.17, 15) is 8.42 Å². The second-order valence-corrected chi connectivity index (χ2v) is 5.69. The molecular weight excluding hydrogens is 264 g/mol. The minimum atomic E-state index is -3.59. The highest BCUT2D eigenvalue weighted by atomic mass is 32.2. The Hall–Kier alpha value is -2.08. The van der Waals surface area contributed by atoms with Gasteiger partial charge in [0.25, 0.3) is 10.0 Å². The van der Waals surface area contributed by atoms with E-state index < -0.39 is 10.0 Å². The summed E-state index contributed by atoms with van der Waals surface area (Å²) >= 11 is 0. The van der Waals surface area contributed by atoms with Crippen LogP contribution in [0.4, 0.5) is 5.69 Å². The van der Waals surface area contributed by atoms with Gasteiger partial charge >= 0.3 is 0 Å². The molecule has 5 nitrogen and oxygen atoms in total. The van der Waals surface area contributed by atoms with Crippen molar-refractivity contribution in [1.82, 2.24) is 4.98 Å². The van der Waals surface area contributed by atoms with Gasteiger partial charge in [-0.1, -0.05) is 12.1 Å². The summed E-state index contributed by atoms with van der Waals surface area (Å²) in [6, 6.07) is 9.89. The smallest absolute Gasteiger partial charge is 0.261 e. The number of sulfonamides is 1. The number of aromatic nitrogens is 1. The molecule has 0 radical (unpaired) electrons. The molecule has 1 heterocycles. The number of hydrogen-bond donors (Lipinski definition) is 1. The van der Waals surface area contributed by atoms with E-state index in [4.69, 9.17) is 4.74 Å². The van der Waals surface area contributed by atoms with Crippen LogP contribution in [0.5, 0.6) is 5.88 Å². The minimum absolute atomic E-state index is 0.225. The number of benzene rings is 1. The lowest BCUT2D eigenvalue weighted by Gasteiger charge is -2.08. The summed E-state index contributed by atoms with van der Waals surface area (Å²) in [6.07, 6.45) is 1.41. The summed E-state index contributed by atoms with van der Waals surface area (Å²) in [5.74, 6) is 0.429. The summed E-state index contributed by atoms with van der Waals surface area (Å²) in [5.41, 5.74) is 1.28. The van der Waals surface area contributed by atoms with Crippen LogP contribution in [0.3, 0.4) is 0 Å². The highest BCUT2D eigenvalue weighted by Gasteiger charge is 2.14. The Morgan fingerprint density at radius 3 is 2.58 bits per heavy atom. The van der Waals surface area contributed by atoms with E-state index in [1.807, 2.05) is 13.0 Å². The van der Waals surface area contributed by atoms with Crippen molar-refractivity contribution in [3.05, 3.63) is 48.2 Å². The standard InChI is InChI=1S/C13H14N2O3S/c1-10-4-3-5-12(8-10)19(16,17)15-11-6-7-13(18-2)14-9-11/h3-9,15H,1-2H3. The lowest BCUT2D eigenvalue weighted by Crippen LogP contribution is -2.13. The molecule has 1 aromatic heterocycles. The Bertz CT molecular complexity index is 667. The van der Waals surface area contributed by atoms with Gasteiger partial charge in [-0.25, -0.2) is 13.4 Å². The van der Waals surface area contributed by atoms with Crippen LogP contribution >= 0.6 is 0 Å². The number of aryl methyl sites for hydroxylation is 1. The van der Waals surface area contributed by atoms with Crippen molar-refractivity contribution in [2.75, 3.05) is 11.8 Å².